The average molecular weight is 785 g/mol. The number of hydrogen-bond acceptors (Lipinski definition) is 10. The molecule has 0 unspecified atom stereocenters. The average Bonchev–Trinajstić information content (AvgIpc) is 3.50. The maximum absolute atomic E-state index is 13.0. The molecule has 300 valence electrons. The van der Waals surface area contributed by atoms with E-state index in [2.05, 4.69) is 106 Å². The largest absolute Gasteiger partial charge is 0.327 e. The molecule has 0 radical (unpaired) electrons. The Morgan fingerprint density at radius 3 is 1.43 bits per heavy atom. The van der Waals surface area contributed by atoms with Crippen LogP contribution in [0.1, 0.15) is 60.1 Å². The first kappa shape index (κ1) is 42.3. The molecule has 2 saturated heterocycles. The van der Waals surface area contributed by atoms with E-state index < -0.39 is 19.7 Å². The van der Waals surface area contributed by atoms with Crippen LogP contribution in [0.5, 0.6) is 0 Å². The van der Waals surface area contributed by atoms with E-state index in [0.717, 1.165) is 79.3 Å². The molecular formula is C40H64N8O4S2. The normalized spacial score (nSPS) is 16.6. The molecule has 0 aliphatic carbocycles. The van der Waals surface area contributed by atoms with Gasteiger partial charge in [0.05, 0.1) is 42.4 Å². The predicted molar refractivity (Wildman–Crippen MR) is 220 cm³/mol. The molecule has 0 saturated carbocycles. The Morgan fingerprint density at radius 1 is 0.685 bits per heavy atom. The van der Waals surface area contributed by atoms with Crippen LogP contribution in [0.3, 0.4) is 0 Å². The monoisotopic (exact) mass is 784 g/mol. The molecule has 2 aliphatic heterocycles. The van der Waals surface area contributed by atoms with Gasteiger partial charge in [-0.2, -0.15) is 0 Å². The standard InChI is InChI=1S/C21H34N4O2S.C19H30N4O2S/c1-7-24-14-17(15-24)28(26,27)16-8-9-19-18(12-16)22-20(13-21(2,3)4)25(19)11-10-23(5)6;1-19(2,3)11-18-21-16-10-14(26(24,25)15-12-20-13-15)6-7-17(16)23(18)9-8-22(4)5/h8-9,12,17H,7,10-11,13-15H2,1-6H3;6-7,10,15,20H,8-9,11-13H2,1-5H3. The molecular weight excluding hydrogens is 721 g/mol. The van der Waals surface area contributed by atoms with Crippen LogP contribution in [0.2, 0.25) is 0 Å². The van der Waals surface area contributed by atoms with E-state index in [4.69, 9.17) is 9.97 Å². The van der Waals surface area contributed by atoms with Crippen LogP contribution in [0.25, 0.3) is 22.1 Å². The first-order valence-electron chi connectivity index (χ1n) is 19.3. The highest BCUT2D eigenvalue weighted by atomic mass is 32.2. The van der Waals surface area contributed by atoms with Gasteiger partial charge in [-0.1, -0.05) is 48.5 Å². The van der Waals surface area contributed by atoms with Crippen molar-refractivity contribution in [2.24, 2.45) is 10.8 Å². The summed E-state index contributed by atoms with van der Waals surface area (Å²) < 4.78 is 55.9. The SMILES string of the molecule is CCN1CC(S(=O)(=O)c2ccc3c(c2)nc(CC(C)(C)C)n3CCN(C)C)C1.CN(C)CCn1c(CC(C)(C)C)nc2cc(S(=O)(=O)C3CNC3)ccc21. The fraction of sp³-hybridized carbons (Fsp3) is 0.650. The number of likely N-dealkylation sites (N-methyl/N-ethyl adjacent to an activating group) is 2. The Bertz CT molecular complexity index is 2130. The van der Waals surface area contributed by atoms with Gasteiger partial charge in [-0.15, -0.1) is 0 Å². The fourth-order valence-corrected chi connectivity index (χ4v) is 10.2. The van der Waals surface area contributed by atoms with Gasteiger partial charge in [0.2, 0.25) is 0 Å². The lowest BCUT2D eigenvalue weighted by Gasteiger charge is -2.37. The van der Waals surface area contributed by atoms with Gasteiger partial charge in [0.1, 0.15) is 11.6 Å². The Morgan fingerprint density at radius 2 is 1.09 bits per heavy atom. The maximum Gasteiger partial charge on any atom is 0.183 e. The molecule has 4 heterocycles. The number of nitrogens with one attached hydrogen (secondary N) is 1. The Balaban J connectivity index is 0.000000208. The van der Waals surface area contributed by atoms with E-state index in [0.29, 0.717) is 36.0 Å². The van der Waals surface area contributed by atoms with Crippen molar-refractivity contribution in [2.45, 2.75) is 94.7 Å². The summed E-state index contributed by atoms with van der Waals surface area (Å²) in [5, 5.41) is 2.43. The number of sulfone groups is 2. The number of fused-ring (bicyclic) bond motifs is 2. The highest BCUT2D eigenvalue weighted by Crippen LogP contribution is 2.30. The van der Waals surface area contributed by atoms with Crippen LogP contribution in [-0.4, -0.2) is 135 Å². The number of rotatable bonds is 13. The first-order valence-corrected chi connectivity index (χ1v) is 22.4. The van der Waals surface area contributed by atoms with Crippen molar-refractivity contribution < 1.29 is 16.8 Å². The molecule has 1 N–H and O–H groups in total. The summed E-state index contributed by atoms with van der Waals surface area (Å²) in [5.74, 6) is 2.05. The topological polar surface area (TPSA) is 126 Å². The Kier molecular flexibility index (Phi) is 12.8. The quantitative estimate of drug-likeness (QED) is 0.206. The molecule has 4 aromatic rings. The molecule has 2 aliphatic rings. The zero-order valence-corrected chi connectivity index (χ0v) is 36.1. The van der Waals surface area contributed by atoms with Crippen LogP contribution < -0.4 is 5.32 Å². The smallest absolute Gasteiger partial charge is 0.183 e. The molecule has 14 heteroatoms. The van der Waals surface area contributed by atoms with Crippen LogP contribution in [0, 0.1) is 10.8 Å². The summed E-state index contributed by atoms with van der Waals surface area (Å²) in [6, 6.07) is 10.9. The zero-order valence-electron chi connectivity index (χ0n) is 34.5. The Labute approximate surface area is 324 Å². The second kappa shape index (κ2) is 16.3. The second-order valence-electron chi connectivity index (χ2n) is 18.1. The van der Waals surface area contributed by atoms with E-state index in [1.165, 1.54) is 0 Å². The predicted octanol–water partition coefficient (Wildman–Crippen LogP) is 4.60. The zero-order chi connectivity index (χ0) is 39.8. The number of nitrogens with zero attached hydrogens (tertiary/aromatic N) is 7. The maximum atomic E-state index is 13.0. The van der Waals surface area contributed by atoms with Gasteiger partial charge in [0, 0.05) is 65.2 Å². The molecule has 0 amide bonds. The molecule has 54 heavy (non-hydrogen) atoms. The summed E-state index contributed by atoms with van der Waals surface area (Å²) in [6.45, 7) is 22.0. The number of benzene rings is 2. The molecule has 12 nitrogen and oxygen atoms in total. The van der Waals surface area contributed by atoms with Crippen LogP contribution in [0.4, 0.5) is 0 Å². The summed E-state index contributed by atoms with van der Waals surface area (Å²) in [6.07, 6.45) is 1.70. The Hall–Kier alpha value is -2.88. The molecule has 2 aromatic carbocycles. The van der Waals surface area contributed by atoms with Crippen molar-refractivity contribution in [3.05, 3.63) is 48.0 Å². The van der Waals surface area contributed by atoms with Gasteiger partial charge < -0.3 is 29.2 Å². The van der Waals surface area contributed by atoms with Crippen molar-refractivity contribution in [3.63, 3.8) is 0 Å². The van der Waals surface area contributed by atoms with Gasteiger partial charge in [-0.05, 0) is 82.0 Å². The van der Waals surface area contributed by atoms with E-state index >= 15 is 0 Å². The summed E-state index contributed by atoms with van der Waals surface area (Å²) >= 11 is 0. The van der Waals surface area contributed by atoms with Crippen LogP contribution in [0.15, 0.2) is 46.2 Å². The van der Waals surface area contributed by atoms with Crippen molar-refractivity contribution in [2.75, 3.05) is 74.0 Å². The van der Waals surface area contributed by atoms with E-state index in [1.54, 1.807) is 24.3 Å². The third-order valence-electron chi connectivity index (χ3n) is 10.2. The summed E-state index contributed by atoms with van der Waals surface area (Å²) in [5.41, 5.74) is 3.81. The van der Waals surface area contributed by atoms with Gasteiger partial charge in [0.25, 0.3) is 0 Å². The van der Waals surface area contributed by atoms with Crippen molar-refractivity contribution >= 4 is 41.7 Å². The lowest BCUT2D eigenvalue weighted by molar-refractivity contribution is 0.195. The molecule has 0 spiro atoms. The summed E-state index contributed by atoms with van der Waals surface area (Å²) in [4.78, 5) is 16.9. The van der Waals surface area contributed by atoms with Gasteiger partial charge in [0.15, 0.2) is 19.7 Å². The lowest BCUT2D eigenvalue weighted by atomic mass is 9.92. The molecule has 2 fully saturated rings. The number of likely N-dealkylation sites (tertiary alicyclic amines) is 1. The van der Waals surface area contributed by atoms with Crippen molar-refractivity contribution in [3.8, 4) is 0 Å². The third-order valence-corrected chi connectivity index (χ3v) is 14.4. The molecule has 0 atom stereocenters. The van der Waals surface area contributed by atoms with Gasteiger partial charge in [-0.25, -0.2) is 26.8 Å². The minimum absolute atomic E-state index is 0.113. The van der Waals surface area contributed by atoms with Crippen molar-refractivity contribution in [1.82, 2.24) is 39.1 Å². The van der Waals surface area contributed by atoms with Crippen LogP contribution in [-0.2, 0) is 45.6 Å². The molecule has 2 aromatic heterocycles. The first-order chi connectivity index (χ1) is 25.1. The number of imidazole rings is 2. The highest BCUT2D eigenvalue weighted by Gasteiger charge is 2.38. The van der Waals surface area contributed by atoms with E-state index in [-0.39, 0.29) is 21.3 Å². The fourth-order valence-electron chi connectivity index (χ4n) is 6.83. The lowest BCUT2D eigenvalue weighted by Crippen LogP contribution is -2.54. The highest BCUT2D eigenvalue weighted by molar-refractivity contribution is 7.92. The van der Waals surface area contributed by atoms with Crippen molar-refractivity contribution in [1.29, 1.82) is 0 Å². The minimum Gasteiger partial charge on any atom is -0.327 e. The third kappa shape index (κ3) is 9.91. The van der Waals surface area contributed by atoms with E-state index in [1.807, 2.05) is 12.1 Å². The van der Waals surface area contributed by atoms with Crippen LogP contribution >= 0.6 is 0 Å². The summed E-state index contributed by atoms with van der Waals surface area (Å²) in [7, 11) is 1.65. The molecule has 6 rings (SSSR count). The van der Waals surface area contributed by atoms with Gasteiger partial charge in [-0.3, -0.25) is 0 Å². The number of aromatic nitrogens is 4. The van der Waals surface area contributed by atoms with Gasteiger partial charge >= 0.3 is 0 Å². The minimum atomic E-state index is -3.30. The molecule has 0 bridgehead atoms. The van der Waals surface area contributed by atoms with E-state index in [9.17, 15) is 16.8 Å². The second-order valence-corrected chi connectivity index (χ2v) is 22.5. The number of hydrogen-bond donors (Lipinski definition) is 1.